The van der Waals surface area contributed by atoms with Crippen molar-refractivity contribution in [3.8, 4) is 11.8 Å². The maximum atomic E-state index is 11.5. The molecule has 0 N–H and O–H groups in total. The molecule has 0 radical (unpaired) electrons. The van der Waals surface area contributed by atoms with Crippen LogP contribution in [0.3, 0.4) is 0 Å². The highest BCUT2D eigenvalue weighted by molar-refractivity contribution is 6.02. The lowest BCUT2D eigenvalue weighted by molar-refractivity contribution is 0.102. The van der Waals surface area contributed by atoms with Crippen LogP contribution in [0.1, 0.15) is 16.1 Å². The summed E-state index contributed by atoms with van der Waals surface area (Å²) in [7, 11) is 0. The minimum atomic E-state index is -0.183. The Morgan fingerprint density at radius 1 is 1.12 bits per heavy atom. The second-order valence-corrected chi connectivity index (χ2v) is 3.31. The van der Waals surface area contributed by atoms with Gasteiger partial charge in [0.2, 0.25) is 5.78 Å². The number of benzene rings is 1. The summed E-state index contributed by atoms with van der Waals surface area (Å²) in [5.41, 5.74) is 0.919. The number of rotatable bonds is 2. The highest BCUT2D eigenvalue weighted by Gasteiger charge is 2.02. The van der Waals surface area contributed by atoms with E-state index >= 15 is 0 Å². The molecular formula is C15H10O2. The van der Waals surface area contributed by atoms with Gasteiger partial charge < -0.3 is 4.42 Å². The smallest absolute Gasteiger partial charge is 0.221 e. The molecule has 0 aliphatic heterocycles. The van der Waals surface area contributed by atoms with E-state index < -0.39 is 0 Å². The molecule has 0 amide bonds. The van der Waals surface area contributed by atoms with Crippen LogP contribution in [-0.4, -0.2) is 5.78 Å². The van der Waals surface area contributed by atoms with Crippen LogP contribution < -0.4 is 0 Å². The van der Waals surface area contributed by atoms with Gasteiger partial charge in [0.05, 0.1) is 6.26 Å². The van der Waals surface area contributed by atoms with Crippen molar-refractivity contribution in [2.75, 3.05) is 0 Å². The number of furan rings is 1. The van der Waals surface area contributed by atoms with E-state index in [0.717, 1.165) is 5.56 Å². The molecule has 0 saturated heterocycles. The highest BCUT2D eigenvalue weighted by atomic mass is 16.3. The Labute approximate surface area is 99.6 Å². The maximum absolute atomic E-state index is 11.5. The quantitative estimate of drug-likeness (QED) is 0.444. The van der Waals surface area contributed by atoms with Crippen molar-refractivity contribution >= 4 is 5.78 Å². The van der Waals surface area contributed by atoms with Gasteiger partial charge in [0, 0.05) is 5.56 Å². The van der Waals surface area contributed by atoms with Crippen LogP contribution in [0, 0.1) is 11.8 Å². The molecule has 2 aromatic rings. The molecule has 1 heterocycles. The van der Waals surface area contributed by atoms with Gasteiger partial charge in [0.15, 0.2) is 5.76 Å². The normalized spacial score (nSPS) is 9.88. The fourth-order valence-corrected chi connectivity index (χ4v) is 1.26. The zero-order valence-corrected chi connectivity index (χ0v) is 9.09. The molecule has 0 unspecified atom stereocenters. The first-order chi connectivity index (χ1) is 8.36. The third-order valence-corrected chi connectivity index (χ3v) is 2.07. The molecule has 2 heteroatoms. The summed E-state index contributed by atoms with van der Waals surface area (Å²) in [6.45, 7) is 0. The number of ketones is 1. The Hall–Kier alpha value is -2.53. The Morgan fingerprint density at radius 2 is 1.94 bits per heavy atom. The first-order valence-corrected chi connectivity index (χ1v) is 5.17. The largest absolute Gasteiger partial charge is 0.461 e. The standard InChI is InChI=1S/C15H10O2/c16-14(15-11-6-12-17-15)10-5-4-9-13-7-2-1-3-8-13/h1-3,5-8,10-12H. The Balaban J connectivity index is 1.99. The summed E-state index contributed by atoms with van der Waals surface area (Å²) in [5.74, 6) is 5.87. The van der Waals surface area contributed by atoms with Gasteiger partial charge in [-0.05, 0) is 36.4 Å². The zero-order chi connectivity index (χ0) is 11.9. The van der Waals surface area contributed by atoms with Gasteiger partial charge in [-0.2, -0.15) is 0 Å². The van der Waals surface area contributed by atoms with E-state index in [1.165, 1.54) is 18.4 Å². The molecule has 0 spiro atoms. The average Bonchev–Trinajstić information content (AvgIpc) is 2.89. The summed E-state index contributed by atoms with van der Waals surface area (Å²) >= 11 is 0. The molecule has 1 aromatic carbocycles. The molecule has 0 atom stereocenters. The number of allylic oxidation sites excluding steroid dienone is 2. The van der Waals surface area contributed by atoms with Gasteiger partial charge in [0.1, 0.15) is 0 Å². The van der Waals surface area contributed by atoms with Crippen molar-refractivity contribution in [2.45, 2.75) is 0 Å². The van der Waals surface area contributed by atoms with Crippen LogP contribution in [0.5, 0.6) is 0 Å². The molecule has 0 bridgehead atoms. The molecule has 0 aliphatic rings. The van der Waals surface area contributed by atoms with Crippen LogP contribution in [0.2, 0.25) is 0 Å². The minimum Gasteiger partial charge on any atom is -0.461 e. The van der Waals surface area contributed by atoms with Gasteiger partial charge in [-0.3, -0.25) is 4.79 Å². The van der Waals surface area contributed by atoms with Crippen molar-refractivity contribution in [3.63, 3.8) is 0 Å². The lowest BCUT2D eigenvalue weighted by atomic mass is 10.2. The predicted molar refractivity (Wildman–Crippen MR) is 65.5 cm³/mol. The Kier molecular flexibility index (Phi) is 3.57. The summed E-state index contributed by atoms with van der Waals surface area (Å²) in [6, 6.07) is 12.9. The Morgan fingerprint density at radius 3 is 2.65 bits per heavy atom. The number of hydrogen-bond acceptors (Lipinski definition) is 2. The highest BCUT2D eigenvalue weighted by Crippen LogP contribution is 2.01. The van der Waals surface area contributed by atoms with Crippen molar-refractivity contribution in [1.29, 1.82) is 0 Å². The fourth-order valence-electron chi connectivity index (χ4n) is 1.26. The van der Waals surface area contributed by atoms with Crippen molar-refractivity contribution in [1.82, 2.24) is 0 Å². The minimum absolute atomic E-state index is 0.183. The second-order valence-electron chi connectivity index (χ2n) is 3.31. The van der Waals surface area contributed by atoms with Crippen molar-refractivity contribution in [3.05, 3.63) is 72.2 Å². The fraction of sp³-hybridized carbons (Fsp3) is 0. The van der Waals surface area contributed by atoms with E-state index in [0.29, 0.717) is 5.76 Å². The van der Waals surface area contributed by atoms with Crippen LogP contribution >= 0.6 is 0 Å². The van der Waals surface area contributed by atoms with E-state index in [1.54, 1.807) is 12.1 Å². The van der Waals surface area contributed by atoms with Gasteiger partial charge in [0.25, 0.3) is 0 Å². The van der Waals surface area contributed by atoms with Crippen LogP contribution in [-0.2, 0) is 0 Å². The van der Waals surface area contributed by atoms with E-state index in [9.17, 15) is 4.79 Å². The van der Waals surface area contributed by atoms with Crippen LogP contribution in [0.25, 0.3) is 0 Å². The Bertz CT molecular complexity index is 566. The molecule has 0 saturated carbocycles. The SMILES string of the molecule is O=C(C=CC#Cc1ccccc1)c1ccco1. The van der Waals surface area contributed by atoms with E-state index in [2.05, 4.69) is 11.8 Å². The number of carbonyl (C=O) groups excluding carboxylic acids is 1. The number of hydrogen-bond donors (Lipinski definition) is 0. The summed E-state index contributed by atoms with van der Waals surface area (Å²) < 4.78 is 4.96. The van der Waals surface area contributed by atoms with Crippen LogP contribution in [0.4, 0.5) is 0 Å². The van der Waals surface area contributed by atoms with Crippen molar-refractivity contribution in [2.24, 2.45) is 0 Å². The average molecular weight is 222 g/mol. The molecule has 0 fully saturated rings. The third-order valence-electron chi connectivity index (χ3n) is 2.07. The molecule has 1 aromatic heterocycles. The monoisotopic (exact) mass is 222 g/mol. The van der Waals surface area contributed by atoms with Gasteiger partial charge in [-0.25, -0.2) is 0 Å². The zero-order valence-electron chi connectivity index (χ0n) is 9.09. The maximum Gasteiger partial charge on any atom is 0.221 e. The molecular weight excluding hydrogens is 212 g/mol. The lowest BCUT2D eigenvalue weighted by Gasteiger charge is -1.85. The van der Waals surface area contributed by atoms with Gasteiger partial charge >= 0.3 is 0 Å². The van der Waals surface area contributed by atoms with Gasteiger partial charge in [-0.1, -0.05) is 30.0 Å². The molecule has 17 heavy (non-hydrogen) atoms. The first-order valence-electron chi connectivity index (χ1n) is 5.17. The van der Waals surface area contributed by atoms with Crippen molar-refractivity contribution < 1.29 is 9.21 Å². The molecule has 2 nitrogen and oxygen atoms in total. The van der Waals surface area contributed by atoms with E-state index in [4.69, 9.17) is 4.42 Å². The summed E-state index contributed by atoms with van der Waals surface area (Å²) in [6.07, 6.45) is 4.39. The second kappa shape index (κ2) is 5.53. The first kappa shape index (κ1) is 11.0. The van der Waals surface area contributed by atoms with E-state index in [1.807, 2.05) is 30.3 Å². The topological polar surface area (TPSA) is 30.2 Å². The van der Waals surface area contributed by atoms with Gasteiger partial charge in [-0.15, -0.1) is 0 Å². The molecule has 0 aliphatic carbocycles. The predicted octanol–water partition coefficient (Wildman–Crippen LogP) is 3.07. The molecule has 2 rings (SSSR count). The molecule has 82 valence electrons. The van der Waals surface area contributed by atoms with Crippen LogP contribution in [0.15, 0.2) is 65.3 Å². The summed E-state index contributed by atoms with van der Waals surface area (Å²) in [5, 5.41) is 0. The van der Waals surface area contributed by atoms with E-state index in [-0.39, 0.29) is 5.78 Å². The number of carbonyl (C=O) groups is 1. The summed E-state index contributed by atoms with van der Waals surface area (Å²) in [4.78, 5) is 11.5. The lowest BCUT2D eigenvalue weighted by Crippen LogP contribution is -1.89. The third kappa shape index (κ3) is 3.22.